The first-order chi connectivity index (χ1) is 15.7. The lowest BCUT2D eigenvalue weighted by Crippen LogP contribution is -2.39. The Hall–Kier alpha value is -3.54. The van der Waals surface area contributed by atoms with E-state index in [0.717, 1.165) is 29.1 Å². The average molecular weight is 447 g/mol. The van der Waals surface area contributed by atoms with E-state index in [2.05, 4.69) is 24.5 Å². The van der Waals surface area contributed by atoms with Gasteiger partial charge in [-0.05, 0) is 48.6 Å². The Labute approximate surface area is 194 Å². The zero-order valence-electron chi connectivity index (χ0n) is 19.7. The molecule has 0 radical (unpaired) electrons. The van der Waals surface area contributed by atoms with Gasteiger partial charge in [-0.1, -0.05) is 38.1 Å². The Bertz CT molecular complexity index is 1160. The molecule has 2 N–H and O–H groups in total. The van der Waals surface area contributed by atoms with Crippen molar-refractivity contribution in [3.63, 3.8) is 0 Å². The summed E-state index contributed by atoms with van der Waals surface area (Å²) in [5.41, 5.74) is 4.17. The molecule has 6 heteroatoms. The summed E-state index contributed by atoms with van der Waals surface area (Å²) >= 11 is 0. The molecule has 2 aromatic rings. The first-order valence-corrected chi connectivity index (χ1v) is 11.1. The van der Waals surface area contributed by atoms with E-state index in [4.69, 9.17) is 9.47 Å². The van der Waals surface area contributed by atoms with Crippen LogP contribution in [0.5, 0.6) is 11.5 Å². The van der Waals surface area contributed by atoms with Gasteiger partial charge in [-0.15, -0.1) is 0 Å². The van der Waals surface area contributed by atoms with Crippen LogP contribution in [0.2, 0.25) is 0 Å². The molecule has 1 atom stereocenters. The number of carbonyl (C=O) groups is 2. The molecule has 2 aromatic carbocycles. The Balaban J connectivity index is 1.80. The molecule has 1 aliphatic heterocycles. The van der Waals surface area contributed by atoms with Crippen LogP contribution in [0, 0.1) is 5.41 Å². The predicted molar refractivity (Wildman–Crippen MR) is 128 cm³/mol. The number of ether oxygens (including phenoxy) is 2. The van der Waals surface area contributed by atoms with Gasteiger partial charge in [0.1, 0.15) is 11.5 Å². The molecule has 172 valence electrons. The molecule has 0 saturated carbocycles. The van der Waals surface area contributed by atoms with Crippen LogP contribution in [0.25, 0.3) is 0 Å². The number of benzene rings is 2. The summed E-state index contributed by atoms with van der Waals surface area (Å²) in [5.74, 6) is 0.632. The number of hydrogen-bond acceptors (Lipinski definition) is 5. The Morgan fingerprint density at radius 1 is 1.03 bits per heavy atom. The zero-order chi connectivity index (χ0) is 23.8. The monoisotopic (exact) mass is 446 g/mol. The van der Waals surface area contributed by atoms with Crippen LogP contribution in [0.4, 0.5) is 5.69 Å². The van der Waals surface area contributed by atoms with Crippen LogP contribution in [0.3, 0.4) is 0 Å². The first kappa shape index (κ1) is 22.6. The van der Waals surface area contributed by atoms with Crippen molar-refractivity contribution >= 4 is 17.4 Å². The van der Waals surface area contributed by atoms with Crippen LogP contribution >= 0.6 is 0 Å². The van der Waals surface area contributed by atoms with Crippen molar-refractivity contribution in [3.05, 3.63) is 76.6 Å². The second kappa shape index (κ2) is 8.77. The molecule has 1 aliphatic carbocycles. The molecule has 1 unspecified atom stereocenters. The second-order valence-electron chi connectivity index (χ2n) is 9.36. The summed E-state index contributed by atoms with van der Waals surface area (Å²) in [6.45, 7) is 6.09. The van der Waals surface area contributed by atoms with Crippen LogP contribution < -0.4 is 20.1 Å². The third-order valence-corrected chi connectivity index (χ3v) is 6.29. The highest BCUT2D eigenvalue weighted by atomic mass is 16.5. The molecule has 0 bridgehead atoms. The van der Waals surface area contributed by atoms with Crippen molar-refractivity contribution in [3.8, 4) is 11.5 Å². The van der Waals surface area contributed by atoms with Crippen molar-refractivity contribution in [2.75, 3.05) is 19.5 Å². The van der Waals surface area contributed by atoms with Crippen molar-refractivity contribution < 1.29 is 19.1 Å². The van der Waals surface area contributed by atoms with Gasteiger partial charge < -0.3 is 20.1 Å². The summed E-state index contributed by atoms with van der Waals surface area (Å²) in [6, 6.07) is 14.9. The third kappa shape index (κ3) is 4.38. The van der Waals surface area contributed by atoms with Crippen molar-refractivity contribution in [2.45, 2.75) is 39.5 Å². The van der Waals surface area contributed by atoms with Crippen LogP contribution in [-0.4, -0.2) is 25.9 Å². The second-order valence-corrected chi connectivity index (χ2v) is 9.36. The Morgan fingerprint density at radius 2 is 1.73 bits per heavy atom. The number of rotatable bonds is 5. The predicted octanol–water partition coefficient (Wildman–Crippen LogP) is 4.95. The molecule has 6 nitrogen and oxygen atoms in total. The van der Waals surface area contributed by atoms with E-state index in [1.165, 1.54) is 0 Å². The van der Waals surface area contributed by atoms with Gasteiger partial charge in [0.15, 0.2) is 5.78 Å². The van der Waals surface area contributed by atoms with Gasteiger partial charge in [-0.25, -0.2) is 0 Å². The molecular formula is C27H30N2O4. The zero-order valence-corrected chi connectivity index (χ0v) is 19.7. The number of allylic oxidation sites excluding steroid dienone is 3. The minimum absolute atomic E-state index is 0.0738. The highest BCUT2D eigenvalue weighted by Gasteiger charge is 2.42. The fraction of sp³-hybridized carbons (Fsp3) is 0.333. The van der Waals surface area contributed by atoms with Crippen molar-refractivity contribution in [1.82, 2.24) is 5.32 Å². The molecule has 0 aromatic heterocycles. The highest BCUT2D eigenvalue weighted by molar-refractivity contribution is 6.10. The molecule has 0 spiro atoms. The van der Waals surface area contributed by atoms with E-state index in [9.17, 15) is 9.59 Å². The molecule has 2 aliphatic rings. The summed E-state index contributed by atoms with van der Waals surface area (Å²) < 4.78 is 10.7. The third-order valence-electron chi connectivity index (χ3n) is 6.29. The number of amides is 1. The SMILES string of the molecule is COc1ccc(C2C(C(=O)Nc3ccccc3OC)=C(C)NC3=C2C(=O)CC(C)(C)C3)cc1. The summed E-state index contributed by atoms with van der Waals surface area (Å²) in [7, 11) is 3.18. The minimum Gasteiger partial charge on any atom is -0.497 e. The average Bonchev–Trinajstić information content (AvgIpc) is 2.77. The molecular weight excluding hydrogens is 416 g/mol. The van der Waals surface area contributed by atoms with Gasteiger partial charge in [0.05, 0.1) is 19.9 Å². The minimum atomic E-state index is -0.467. The van der Waals surface area contributed by atoms with E-state index in [-0.39, 0.29) is 17.1 Å². The number of Topliss-reactive ketones (excluding diaryl/α,β-unsaturated/α-hetero) is 1. The van der Waals surface area contributed by atoms with Crippen LogP contribution in [0.1, 0.15) is 45.1 Å². The molecule has 0 fully saturated rings. The van der Waals surface area contributed by atoms with Gasteiger partial charge in [0.2, 0.25) is 0 Å². The van der Waals surface area contributed by atoms with Crippen molar-refractivity contribution in [2.24, 2.45) is 5.41 Å². The number of anilines is 1. The molecule has 1 heterocycles. The van der Waals surface area contributed by atoms with E-state index in [1.807, 2.05) is 43.3 Å². The smallest absolute Gasteiger partial charge is 0.254 e. The highest BCUT2D eigenvalue weighted by Crippen LogP contribution is 2.47. The normalized spacial score (nSPS) is 19.5. The van der Waals surface area contributed by atoms with Gasteiger partial charge in [0, 0.05) is 34.9 Å². The maximum Gasteiger partial charge on any atom is 0.254 e. The van der Waals surface area contributed by atoms with Gasteiger partial charge in [0.25, 0.3) is 5.91 Å². The number of para-hydroxylation sites is 2. The van der Waals surface area contributed by atoms with Gasteiger partial charge in [-0.3, -0.25) is 9.59 Å². The Kier molecular flexibility index (Phi) is 6.02. The largest absolute Gasteiger partial charge is 0.497 e. The summed E-state index contributed by atoms with van der Waals surface area (Å²) in [4.78, 5) is 27.0. The maximum atomic E-state index is 13.6. The van der Waals surface area contributed by atoms with Crippen molar-refractivity contribution in [1.29, 1.82) is 0 Å². The lowest BCUT2D eigenvalue weighted by molar-refractivity contribution is -0.118. The first-order valence-electron chi connectivity index (χ1n) is 11.1. The maximum absolute atomic E-state index is 13.6. The number of hydrogen-bond donors (Lipinski definition) is 2. The number of ketones is 1. The van der Waals surface area contributed by atoms with E-state index in [1.54, 1.807) is 26.4 Å². The van der Waals surface area contributed by atoms with Gasteiger partial charge >= 0.3 is 0 Å². The number of nitrogens with one attached hydrogen (secondary N) is 2. The van der Waals surface area contributed by atoms with E-state index >= 15 is 0 Å². The molecule has 1 amide bonds. The standard InChI is InChI=1S/C27H30N2O4/c1-16-23(26(31)29-19-8-6-7-9-22(19)33-5)24(17-10-12-18(32-4)13-11-17)25-20(28-16)14-27(2,3)15-21(25)30/h6-13,24,28H,14-15H2,1-5H3,(H,29,31). The number of methoxy groups -OCH3 is 2. The lowest BCUT2D eigenvalue weighted by Gasteiger charge is -2.39. The quantitative estimate of drug-likeness (QED) is 0.680. The lowest BCUT2D eigenvalue weighted by atomic mass is 9.68. The number of dihydropyridines is 1. The summed E-state index contributed by atoms with van der Waals surface area (Å²) in [6.07, 6.45) is 1.19. The van der Waals surface area contributed by atoms with E-state index in [0.29, 0.717) is 29.0 Å². The van der Waals surface area contributed by atoms with E-state index < -0.39 is 5.92 Å². The fourth-order valence-corrected chi connectivity index (χ4v) is 4.80. The number of carbonyl (C=O) groups excluding carboxylic acids is 2. The van der Waals surface area contributed by atoms with Gasteiger partial charge in [-0.2, -0.15) is 0 Å². The molecule has 4 rings (SSSR count). The molecule has 0 saturated heterocycles. The summed E-state index contributed by atoms with van der Waals surface area (Å²) in [5, 5.41) is 6.38. The van der Waals surface area contributed by atoms with Crippen LogP contribution in [-0.2, 0) is 9.59 Å². The molecule has 33 heavy (non-hydrogen) atoms. The fourth-order valence-electron chi connectivity index (χ4n) is 4.80. The topological polar surface area (TPSA) is 76.7 Å². The Morgan fingerprint density at radius 3 is 2.39 bits per heavy atom. The van der Waals surface area contributed by atoms with Crippen LogP contribution in [0.15, 0.2) is 71.1 Å².